The Balaban J connectivity index is 2.93. The van der Waals surface area contributed by atoms with Gasteiger partial charge in [-0.2, -0.15) is 6.32 Å². The van der Waals surface area contributed by atoms with Crippen LogP contribution in [0.15, 0.2) is 0 Å². The number of hydrogen-bond donors (Lipinski definition) is 0. The van der Waals surface area contributed by atoms with Crippen LogP contribution in [0.5, 0.6) is 0 Å². The highest BCUT2D eigenvalue weighted by atomic mass is 19.2. The number of rotatable bonds is 4. The Bertz CT molecular complexity index is 1270. The van der Waals surface area contributed by atoms with Crippen LogP contribution in [0.4, 0.5) is 65.9 Å². The van der Waals surface area contributed by atoms with Crippen molar-refractivity contribution in [3.63, 3.8) is 0 Å². The SMILES string of the molecule is CC(C)(C)C[B-](c1c(F)c(F)c(F)c(F)c1F)(c1c(F)c(F)c(F)c(F)c1F)c1c(F)c(F)c(F)c(F)c1F. The third-order valence-corrected chi connectivity index (χ3v) is 6.13. The molecular weight excluding hydrogens is 572 g/mol. The molecule has 3 aromatic rings. The van der Waals surface area contributed by atoms with Crippen molar-refractivity contribution in [3.05, 3.63) is 87.3 Å². The van der Waals surface area contributed by atoms with Gasteiger partial charge in [-0.25, -0.2) is 65.9 Å². The minimum absolute atomic E-state index is 0.938. The fourth-order valence-electron chi connectivity index (χ4n) is 4.82. The summed E-state index contributed by atoms with van der Waals surface area (Å²) in [5, 5.41) is 0. The molecule has 39 heavy (non-hydrogen) atoms. The smallest absolute Gasteiger partial charge is 0.200 e. The average Bonchev–Trinajstić information content (AvgIpc) is 2.85. The lowest BCUT2D eigenvalue weighted by molar-refractivity contribution is 0.378. The first-order valence-corrected chi connectivity index (χ1v) is 10.5. The van der Waals surface area contributed by atoms with Gasteiger partial charge in [-0.05, 0) is 0 Å². The number of halogens is 15. The van der Waals surface area contributed by atoms with E-state index in [4.69, 9.17) is 0 Å². The van der Waals surface area contributed by atoms with Crippen LogP contribution in [0.2, 0.25) is 6.32 Å². The molecule has 0 spiro atoms. The largest absolute Gasteiger partial charge is 0.207 e. The molecule has 212 valence electrons. The van der Waals surface area contributed by atoms with E-state index in [1.165, 1.54) is 0 Å². The molecule has 0 aromatic heterocycles. The third kappa shape index (κ3) is 4.31. The van der Waals surface area contributed by atoms with Gasteiger partial charge >= 0.3 is 0 Å². The van der Waals surface area contributed by atoms with E-state index in [-0.39, 0.29) is 0 Å². The van der Waals surface area contributed by atoms with E-state index in [9.17, 15) is 39.5 Å². The Morgan fingerprint density at radius 3 is 0.641 bits per heavy atom. The molecular formula is C23H11BF15-. The van der Waals surface area contributed by atoms with Gasteiger partial charge in [0.15, 0.2) is 52.4 Å². The topological polar surface area (TPSA) is 0 Å². The Hall–Kier alpha value is -3.33. The Morgan fingerprint density at radius 1 is 0.333 bits per heavy atom. The summed E-state index contributed by atoms with van der Waals surface area (Å²) in [4.78, 5) is 0. The van der Waals surface area contributed by atoms with Crippen molar-refractivity contribution in [1.82, 2.24) is 0 Å². The highest BCUT2D eigenvalue weighted by Crippen LogP contribution is 2.35. The first-order chi connectivity index (χ1) is 17.7. The van der Waals surface area contributed by atoms with Crippen molar-refractivity contribution in [3.8, 4) is 0 Å². The molecule has 0 heterocycles. The predicted octanol–water partition coefficient (Wildman–Crippen LogP) is 6.29. The van der Waals surface area contributed by atoms with E-state index >= 15 is 26.3 Å². The molecule has 3 aromatic carbocycles. The van der Waals surface area contributed by atoms with Gasteiger partial charge in [0.1, 0.15) is 41.0 Å². The monoisotopic (exact) mass is 583 g/mol. The number of benzene rings is 3. The maximum atomic E-state index is 15.2. The van der Waals surface area contributed by atoms with Gasteiger partial charge in [0.2, 0.25) is 0 Å². The molecule has 0 aliphatic rings. The van der Waals surface area contributed by atoms with Crippen LogP contribution in [0.3, 0.4) is 0 Å². The summed E-state index contributed by atoms with van der Waals surface area (Å²) in [6.07, 6.45) is -7.20. The summed E-state index contributed by atoms with van der Waals surface area (Å²) in [7, 11) is 0. The van der Waals surface area contributed by atoms with E-state index in [0.717, 1.165) is 20.8 Å². The molecule has 0 unspecified atom stereocenters. The average molecular weight is 583 g/mol. The van der Waals surface area contributed by atoms with Crippen molar-refractivity contribution in [2.24, 2.45) is 5.41 Å². The van der Waals surface area contributed by atoms with Crippen molar-refractivity contribution in [1.29, 1.82) is 0 Å². The minimum Gasteiger partial charge on any atom is -0.207 e. The lowest BCUT2D eigenvalue weighted by Crippen LogP contribution is -2.74. The van der Waals surface area contributed by atoms with Crippen LogP contribution >= 0.6 is 0 Å². The van der Waals surface area contributed by atoms with Crippen molar-refractivity contribution in [2.75, 3.05) is 0 Å². The third-order valence-electron chi connectivity index (χ3n) is 6.13. The molecule has 0 fully saturated rings. The van der Waals surface area contributed by atoms with Gasteiger partial charge < -0.3 is 0 Å². The molecule has 16 heteroatoms. The van der Waals surface area contributed by atoms with Gasteiger partial charge in [-0.15, -0.1) is 16.4 Å². The first kappa shape index (κ1) is 30.2. The maximum Gasteiger partial charge on any atom is 0.200 e. The van der Waals surface area contributed by atoms with Gasteiger partial charge in [0.25, 0.3) is 0 Å². The quantitative estimate of drug-likeness (QED) is 0.147. The van der Waals surface area contributed by atoms with Crippen LogP contribution in [-0.2, 0) is 0 Å². The summed E-state index contributed by atoms with van der Waals surface area (Å²) < 4.78 is 219. The minimum atomic E-state index is -5.50. The molecule has 0 nitrogen and oxygen atoms in total. The maximum absolute atomic E-state index is 15.2. The van der Waals surface area contributed by atoms with Crippen molar-refractivity contribution >= 4 is 22.5 Å². The molecule has 0 radical (unpaired) electrons. The molecule has 0 N–H and O–H groups in total. The zero-order chi connectivity index (χ0) is 30.1. The Labute approximate surface area is 209 Å². The van der Waals surface area contributed by atoms with Gasteiger partial charge in [0.05, 0.1) is 0 Å². The summed E-state index contributed by atoms with van der Waals surface area (Å²) in [5.74, 6) is -44.9. The van der Waals surface area contributed by atoms with Gasteiger partial charge in [-0.3, -0.25) is 0 Å². The zero-order valence-electron chi connectivity index (χ0n) is 19.5. The Kier molecular flexibility index (Phi) is 7.51. The van der Waals surface area contributed by atoms with E-state index in [1.54, 1.807) is 0 Å². The number of hydrogen-bond acceptors (Lipinski definition) is 0. The van der Waals surface area contributed by atoms with Gasteiger partial charge in [0, 0.05) is 0 Å². The second kappa shape index (κ2) is 9.70. The van der Waals surface area contributed by atoms with Crippen LogP contribution < -0.4 is 16.4 Å². The summed E-state index contributed by atoms with van der Waals surface area (Å²) in [5.41, 5.74) is -9.66. The highest BCUT2D eigenvalue weighted by molar-refractivity contribution is 7.11. The van der Waals surface area contributed by atoms with Gasteiger partial charge in [-0.1, -0.05) is 26.2 Å². The summed E-state index contributed by atoms with van der Waals surface area (Å²) in [6.45, 7) is 2.81. The highest BCUT2D eigenvalue weighted by Gasteiger charge is 2.49. The van der Waals surface area contributed by atoms with Crippen LogP contribution in [-0.4, -0.2) is 6.15 Å². The van der Waals surface area contributed by atoms with E-state index < -0.39 is 122 Å². The first-order valence-electron chi connectivity index (χ1n) is 10.5. The molecule has 0 bridgehead atoms. The van der Waals surface area contributed by atoms with Crippen LogP contribution in [0.25, 0.3) is 0 Å². The van der Waals surface area contributed by atoms with E-state index in [0.29, 0.717) is 0 Å². The molecule has 3 rings (SSSR count). The fraction of sp³-hybridized carbons (Fsp3) is 0.217. The van der Waals surface area contributed by atoms with Crippen molar-refractivity contribution in [2.45, 2.75) is 27.1 Å². The normalized spacial score (nSPS) is 12.5. The molecule has 0 saturated heterocycles. The summed E-state index contributed by atoms with van der Waals surface area (Å²) in [6, 6.07) is 0. The van der Waals surface area contributed by atoms with E-state index in [2.05, 4.69) is 0 Å². The van der Waals surface area contributed by atoms with Crippen LogP contribution in [0.1, 0.15) is 20.8 Å². The fourth-order valence-corrected chi connectivity index (χ4v) is 4.82. The van der Waals surface area contributed by atoms with Crippen LogP contribution in [0, 0.1) is 92.7 Å². The molecule has 0 saturated carbocycles. The van der Waals surface area contributed by atoms with Crippen molar-refractivity contribution < 1.29 is 65.9 Å². The molecule has 0 amide bonds. The van der Waals surface area contributed by atoms with E-state index in [1.807, 2.05) is 0 Å². The molecule has 0 aliphatic heterocycles. The lowest BCUT2D eigenvalue weighted by atomic mass is 9.12. The summed E-state index contributed by atoms with van der Waals surface area (Å²) >= 11 is 0. The second-order valence-electron chi connectivity index (χ2n) is 9.76. The lowest BCUT2D eigenvalue weighted by Gasteiger charge is -2.47. The zero-order valence-corrected chi connectivity index (χ0v) is 19.5. The Morgan fingerprint density at radius 2 is 0.487 bits per heavy atom. The molecule has 0 aliphatic carbocycles. The standard InChI is InChI=1S/C23H11BF15/c1-23(2,3)4-24(5-8(25)14(31)20(37)15(32)9(5)26,6-10(27)16(33)21(38)17(34)11(6)28)7-12(29)18(35)22(39)19(36)13(7)30/h4H2,1-3H3/q-1. The second-order valence-corrected chi connectivity index (χ2v) is 9.76. The predicted molar refractivity (Wildman–Crippen MR) is 108 cm³/mol. The molecule has 0 atom stereocenters.